The monoisotopic (exact) mass is 771 g/mol. The van der Waals surface area contributed by atoms with E-state index < -0.39 is 36.6 Å². The molecule has 4 aromatic carbocycles. The molecule has 0 spiro atoms. The van der Waals surface area contributed by atoms with E-state index in [0.717, 1.165) is 16.7 Å². The first-order valence-electron chi connectivity index (χ1n) is 18.8. The van der Waals surface area contributed by atoms with Crippen LogP contribution in [0.5, 0.6) is 11.5 Å². The zero-order chi connectivity index (χ0) is 39.8. The van der Waals surface area contributed by atoms with E-state index in [1.165, 1.54) is 6.92 Å². The van der Waals surface area contributed by atoms with Crippen molar-refractivity contribution in [1.82, 2.24) is 16.1 Å². The van der Waals surface area contributed by atoms with Gasteiger partial charge in [0, 0.05) is 13.3 Å². The van der Waals surface area contributed by atoms with Gasteiger partial charge in [0.25, 0.3) is 5.91 Å². The number of hydrogen-bond donors (Lipinski definition) is 4. The van der Waals surface area contributed by atoms with Gasteiger partial charge >= 0.3 is 7.60 Å². The Bertz CT molecular complexity index is 1850. The van der Waals surface area contributed by atoms with Crippen LogP contribution in [0.2, 0.25) is 0 Å². The number of rotatable bonds is 21. The van der Waals surface area contributed by atoms with E-state index in [2.05, 4.69) is 16.1 Å². The average Bonchev–Trinajstić information content (AvgIpc) is 3.20. The number of carbonyl (C=O) groups excluding carboxylic acids is 3. The largest absolute Gasteiger partial charge is 0.489 e. The van der Waals surface area contributed by atoms with Crippen molar-refractivity contribution >= 4 is 25.3 Å². The van der Waals surface area contributed by atoms with E-state index in [0.29, 0.717) is 36.7 Å². The van der Waals surface area contributed by atoms with Crippen molar-refractivity contribution in [3.8, 4) is 11.5 Å². The second-order valence-electron chi connectivity index (χ2n) is 13.9. The SMILES string of the molecule is CC[C@H](C)[C@H](NC(C)=O)C(=O)N[C@@H](Cc1ccc(OCc2ccccc2)cc1)C(=O)NOP(=O)(O)C(CC)(CC)Cc1ccc(OCc2ccccc2)cc1. The van der Waals surface area contributed by atoms with Gasteiger partial charge in [0.05, 0.1) is 5.16 Å². The Morgan fingerprint density at radius 3 is 1.64 bits per heavy atom. The first-order valence-corrected chi connectivity index (χ1v) is 20.4. The second-order valence-corrected chi connectivity index (χ2v) is 16.0. The molecule has 4 aromatic rings. The van der Waals surface area contributed by atoms with Gasteiger partial charge in [0.2, 0.25) is 11.8 Å². The highest BCUT2D eigenvalue weighted by Gasteiger charge is 2.47. The molecule has 11 nitrogen and oxygen atoms in total. The maximum Gasteiger partial charge on any atom is 0.355 e. The summed E-state index contributed by atoms with van der Waals surface area (Å²) in [5, 5.41) is 4.21. The molecule has 55 heavy (non-hydrogen) atoms. The molecule has 0 radical (unpaired) electrons. The number of hydroxylamine groups is 1. The number of amides is 3. The van der Waals surface area contributed by atoms with Crippen molar-refractivity contribution < 1.29 is 37.9 Å². The van der Waals surface area contributed by atoms with E-state index in [1.807, 2.05) is 113 Å². The molecule has 12 heteroatoms. The molecule has 3 amide bonds. The molecule has 0 fully saturated rings. The van der Waals surface area contributed by atoms with Crippen LogP contribution in [0.25, 0.3) is 0 Å². The van der Waals surface area contributed by atoms with Crippen molar-refractivity contribution in [2.45, 2.75) is 97.2 Å². The molecular formula is C43H54N3O8P. The maximum atomic E-state index is 14.0. The summed E-state index contributed by atoms with van der Waals surface area (Å²) in [6.45, 7) is 9.45. The van der Waals surface area contributed by atoms with Crippen LogP contribution in [-0.4, -0.2) is 39.9 Å². The van der Waals surface area contributed by atoms with Gasteiger partial charge in [-0.25, -0.2) is 5.48 Å². The number of ether oxygens (including phenoxy) is 2. The Hall–Kier alpha value is -4.96. The van der Waals surface area contributed by atoms with Crippen LogP contribution >= 0.6 is 7.60 Å². The van der Waals surface area contributed by atoms with Crippen LogP contribution < -0.4 is 25.6 Å². The second kappa shape index (κ2) is 20.6. The minimum absolute atomic E-state index is 0.0221. The molecule has 0 saturated carbocycles. The number of benzene rings is 4. The van der Waals surface area contributed by atoms with Crippen LogP contribution in [0.15, 0.2) is 109 Å². The van der Waals surface area contributed by atoms with E-state index in [1.54, 1.807) is 24.3 Å². The van der Waals surface area contributed by atoms with E-state index in [4.69, 9.17) is 14.1 Å². The molecule has 0 aliphatic carbocycles. The van der Waals surface area contributed by atoms with Crippen molar-refractivity contribution in [2.75, 3.05) is 0 Å². The molecule has 0 aromatic heterocycles. The Kier molecular flexibility index (Phi) is 16.1. The predicted molar refractivity (Wildman–Crippen MR) is 213 cm³/mol. The van der Waals surface area contributed by atoms with Crippen LogP contribution in [0, 0.1) is 5.92 Å². The number of carbonyl (C=O) groups is 3. The smallest absolute Gasteiger partial charge is 0.355 e. The lowest BCUT2D eigenvalue weighted by atomic mass is 9.93. The molecule has 4 N–H and O–H groups in total. The van der Waals surface area contributed by atoms with Crippen LogP contribution in [-0.2, 0) is 49.6 Å². The summed E-state index contributed by atoms with van der Waals surface area (Å²) in [5.41, 5.74) is 5.76. The fourth-order valence-electron chi connectivity index (χ4n) is 6.19. The summed E-state index contributed by atoms with van der Waals surface area (Å²) in [4.78, 5) is 50.8. The molecule has 0 aliphatic rings. The molecule has 4 rings (SSSR count). The lowest BCUT2D eigenvalue weighted by molar-refractivity contribution is -0.135. The van der Waals surface area contributed by atoms with Gasteiger partial charge in [-0.15, -0.1) is 0 Å². The number of hydrogen-bond acceptors (Lipinski definition) is 7. The Labute approximate surface area is 324 Å². The normalized spacial score (nSPS) is 14.1. The Balaban J connectivity index is 1.47. The predicted octanol–water partition coefficient (Wildman–Crippen LogP) is 7.46. The highest BCUT2D eigenvalue weighted by Crippen LogP contribution is 2.59. The Morgan fingerprint density at radius 1 is 0.691 bits per heavy atom. The van der Waals surface area contributed by atoms with E-state index >= 15 is 0 Å². The topological polar surface area (TPSA) is 152 Å². The summed E-state index contributed by atoms with van der Waals surface area (Å²) in [6.07, 6.45) is 1.39. The third-order valence-corrected chi connectivity index (χ3v) is 12.3. The molecule has 294 valence electrons. The van der Waals surface area contributed by atoms with Gasteiger partial charge in [0.15, 0.2) is 0 Å². The van der Waals surface area contributed by atoms with Gasteiger partial charge in [-0.1, -0.05) is 119 Å². The van der Waals surface area contributed by atoms with Crippen molar-refractivity contribution in [2.24, 2.45) is 5.92 Å². The van der Waals surface area contributed by atoms with Crippen molar-refractivity contribution in [3.05, 3.63) is 131 Å². The summed E-state index contributed by atoms with van der Waals surface area (Å²) >= 11 is 0. The number of nitrogens with one attached hydrogen (secondary N) is 3. The standard InChI is InChI=1S/C43H54N3O8P/c1-6-31(4)40(44-32(5)47)42(49)45-39(27-33-19-23-37(24-20-33)52-29-35-15-11-9-12-16-35)41(48)46-54-55(50,51)43(7-2,8-3)28-34-21-25-38(26-22-34)53-30-36-17-13-10-14-18-36/h9-26,31,39-40H,6-8,27-30H2,1-5H3,(H,44,47)(H,45,49)(H,46,48)(H,50,51)/t31-,39-,40-/m0/s1. The van der Waals surface area contributed by atoms with Gasteiger partial charge < -0.3 is 25.0 Å². The zero-order valence-corrected chi connectivity index (χ0v) is 33.2. The van der Waals surface area contributed by atoms with Crippen LogP contribution in [0.4, 0.5) is 0 Å². The summed E-state index contributed by atoms with van der Waals surface area (Å²) in [6, 6.07) is 31.9. The zero-order valence-electron chi connectivity index (χ0n) is 32.3. The first-order chi connectivity index (χ1) is 26.4. The van der Waals surface area contributed by atoms with Gasteiger partial charge in [-0.05, 0) is 71.7 Å². The quantitative estimate of drug-likeness (QED) is 0.0504. The molecule has 0 heterocycles. The lowest BCUT2D eigenvalue weighted by Gasteiger charge is -2.35. The van der Waals surface area contributed by atoms with E-state index in [-0.39, 0.29) is 37.5 Å². The third-order valence-electron chi connectivity index (χ3n) is 9.99. The summed E-state index contributed by atoms with van der Waals surface area (Å²) < 4.78 is 31.3. The Morgan fingerprint density at radius 2 is 1.18 bits per heavy atom. The van der Waals surface area contributed by atoms with Gasteiger partial charge in [-0.3, -0.25) is 18.9 Å². The molecular weight excluding hydrogens is 717 g/mol. The van der Waals surface area contributed by atoms with Crippen LogP contribution in [0.3, 0.4) is 0 Å². The molecule has 0 saturated heterocycles. The van der Waals surface area contributed by atoms with Gasteiger partial charge in [0.1, 0.15) is 36.8 Å². The first kappa shape index (κ1) is 42.8. The molecule has 0 aliphatic heterocycles. The summed E-state index contributed by atoms with van der Waals surface area (Å²) in [7, 11) is -4.52. The fourth-order valence-corrected chi connectivity index (χ4v) is 7.78. The molecule has 0 bridgehead atoms. The van der Waals surface area contributed by atoms with Gasteiger partial charge in [-0.2, -0.15) is 4.62 Å². The maximum absolute atomic E-state index is 14.0. The highest BCUT2D eigenvalue weighted by atomic mass is 31.2. The van der Waals surface area contributed by atoms with E-state index in [9.17, 15) is 23.8 Å². The molecule has 4 atom stereocenters. The molecule has 1 unspecified atom stereocenters. The lowest BCUT2D eigenvalue weighted by Crippen LogP contribution is -2.56. The fraction of sp³-hybridized carbons (Fsp3) is 0.372. The third kappa shape index (κ3) is 12.5. The van der Waals surface area contributed by atoms with Crippen molar-refractivity contribution in [1.29, 1.82) is 0 Å². The average molecular weight is 772 g/mol. The minimum atomic E-state index is -4.52. The highest BCUT2D eigenvalue weighted by molar-refractivity contribution is 7.54. The minimum Gasteiger partial charge on any atom is -0.489 e. The van der Waals surface area contributed by atoms with Crippen LogP contribution in [0.1, 0.15) is 76.1 Å². The summed E-state index contributed by atoms with van der Waals surface area (Å²) in [5.74, 6) is -0.720. The van der Waals surface area contributed by atoms with Crippen molar-refractivity contribution in [3.63, 3.8) is 0 Å².